The molecule has 8 fully saturated rings. The second kappa shape index (κ2) is 13.3. The molecule has 8 saturated carbocycles. The molecular formula is C44H70N2O4. The number of fused-ring (bicyclic) bond motifs is 10. The van der Waals surface area contributed by atoms with E-state index >= 15 is 0 Å². The topological polar surface area (TPSA) is 107 Å². The van der Waals surface area contributed by atoms with Crippen LogP contribution < -0.4 is 0 Å². The molecule has 0 aromatic carbocycles. The summed E-state index contributed by atoms with van der Waals surface area (Å²) in [7, 11) is 3.77. The molecule has 6 nitrogen and oxygen atoms in total. The third kappa shape index (κ3) is 5.33. The molecule has 8 aliphatic rings. The Labute approximate surface area is 304 Å². The SMILES string of the molecule is CO[C@H]1C[C@]2(C)[C@@H](C#N)CC[C@H]2[C@@H]2CC[C@H]3C[C@H](O)[C@@H](C)C[C@]3(C)[C@H]21.CO[C@H]1C[C@]2(C)[C@@H](C#N)CC[C@H]2[C@@H]2CC[C@H]3[C@@H](C)[C@H](O)CC[C@]3(C)[C@H]21. The summed E-state index contributed by atoms with van der Waals surface area (Å²) in [5, 5.41) is 40.3. The summed E-state index contributed by atoms with van der Waals surface area (Å²) < 4.78 is 12.3. The van der Waals surface area contributed by atoms with Crippen LogP contribution in [-0.4, -0.2) is 48.8 Å². The molecule has 0 bridgehead atoms. The number of hydrogen-bond acceptors (Lipinski definition) is 6. The van der Waals surface area contributed by atoms with Gasteiger partial charge in [-0.2, -0.15) is 10.5 Å². The second-order valence-corrected chi connectivity index (χ2v) is 20.5. The third-order valence-electron chi connectivity index (χ3n) is 18.9. The van der Waals surface area contributed by atoms with Crippen LogP contribution in [-0.2, 0) is 9.47 Å². The molecule has 8 rings (SSSR count). The van der Waals surface area contributed by atoms with E-state index in [-0.39, 0.29) is 57.9 Å². The third-order valence-corrected chi connectivity index (χ3v) is 18.9. The predicted molar refractivity (Wildman–Crippen MR) is 195 cm³/mol. The average molecular weight is 691 g/mol. The molecule has 0 spiro atoms. The fourth-order valence-corrected chi connectivity index (χ4v) is 16.4. The molecule has 20 atom stereocenters. The maximum Gasteiger partial charge on any atom is 0.0661 e. The molecule has 0 amide bonds. The number of nitrogens with zero attached hydrogens (tertiary/aromatic N) is 2. The van der Waals surface area contributed by atoms with Crippen molar-refractivity contribution in [3.05, 3.63) is 0 Å². The van der Waals surface area contributed by atoms with Gasteiger partial charge in [0.05, 0.1) is 48.4 Å². The number of rotatable bonds is 2. The number of hydrogen-bond donors (Lipinski definition) is 2. The lowest BCUT2D eigenvalue weighted by Crippen LogP contribution is -2.60. The molecule has 0 aromatic heterocycles. The quantitative estimate of drug-likeness (QED) is 0.300. The van der Waals surface area contributed by atoms with Crippen molar-refractivity contribution in [3.63, 3.8) is 0 Å². The van der Waals surface area contributed by atoms with Crippen molar-refractivity contribution < 1.29 is 19.7 Å². The zero-order valence-corrected chi connectivity index (χ0v) is 32.7. The minimum atomic E-state index is -0.126. The van der Waals surface area contributed by atoms with Crippen LogP contribution in [0.2, 0.25) is 0 Å². The van der Waals surface area contributed by atoms with Gasteiger partial charge < -0.3 is 19.7 Å². The standard InChI is InChI=1S/2C22H35NO2/c1-13-10-22(3)14(9-18(13)24)5-7-16-17-8-6-15(12-23)21(17,2)11-19(25-4)20(16)22;1-13-16-8-6-15-17-7-5-14(12-23)22(17,3)11-19(25-4)20(15)21(16,2)10-9-18(13)24/h2*13-20,24H,5-11H2,1-4H3/t13-,14-,15+,16-,17-,18-,19-,20+,21+,22-;13-,14-,15+,16+,17+,18-,19+,20-,21+,22-/m01/s1. The van der Waals surface area contributed by atoms with Crippen LogP contribution in [0.25, 0.3) is 0 Å². The molecular weight excluding hydrogens is 620 g/mol. The molecule has 8 aliphatic carbocycles. The lowest BCUT2D eigenvalue weighted by atomic mass is 9.42. The molecule has 0 aliphatic heterocycles. The number of nitriles is 2. The van der Waals surface area contributed by atoms with Crippen LogP contribution in [0.5, 0.6) is 0 Å². The summed E-state index contributed by atoms with van der Waals surface area (Å²) in [6.07, 6.45) is 16.2. The molecule has 6 heteroatoms. The number of aliphatic hydroxyl groups excluding tert-OH is 2. The summed E-state index contributed by atoms with van der Waals surface area (Å²) in [5.74, 6) is 6.43. The van der Waals surface area contributed by atoms with Gasteiger partial charge in [-0.25, -0.2) is 0 Å². The average Bonchev–Trinajstić information content (AvgIpc) is 3.62. The highest BCUT2D eigenvalue weighted by atomic mass is 16.5. The fourth-order valence-electron chi connectivity index (χ4n) is 16.4. The van der Waals surface area contributed by atoms with Gasteiger partial charge >= 0.3 is 0 Å². The molecule has 0 heterocycles. The van der Waals surface area contributed by atoms with Gasteiger partial charge in [0.15, 0.2) is 0 Å². The second-order valence-electron chi connectivity index (χ2n) is 20.5. The van der Waals surface area contributed by atoms with Gasteiger partial charge in [0.25, 0.3) is 0 Å². The van der Waals surface area contributed by atoms with Crippen LogP contribution in [0.1, 0.15) is 131 Å². The van der Waals surface area contributed by atoms with Crippen molar-refractivity contribution in [1.82, 2.24) is 0 Å². The molecule has 0 unspecified atom stereocenters. The van der Waals surface area contributed by atoms with E-state index in [1.807, 2.05) is 14.2 Å². The van der Waals surface area contributed by atoms with E-state index in [2.05, 4.69) is 53.7 Å². The summed E-state index contributed by atoms with van der Waals surface area (Å²) in [5.41, 5.74) is 0.849. The fraction of sp³-hybridized carbons (Fsp3) is 0.955. The van der Waals surface area contributed by atoms with Crippen LogP contribution in [0.3, 0.4) is 0 Å². The summed E-state index contributed by atoms with van der Waals surface area (Å²) in [6.45, 7) is 14.3. The highest BCUT2D eigenvalue weighted by Gasteiger charge is 2.66. The Balaban J connectivity index is 0.000000157. The molecule has 280 valence electrons. The van der Waals surface area contributed by atoms with Crippen molar-refractivity contribution in [2.45, 2.75) is 156 Å². The van der Waals surface area contributed by atoms with E-state index in [4.69, 9.17) is 9.47 Å². The molecule has 2 N–H and O–H groups in total. The molecule has 0 radical (unpaired) electrons. The van der Waals surface area contributed by atoms with Crippen molar-refractivity contribution >= 4 is 0 Å². The van der Waals surface area contributed by atoms with E-state index in [0.29, 0.717) is 59.2 Å². The minimum Gasteiger partial charge on any atom is -0.393 e. The Kier molecular flexibility index (Phi) is 9.87. The molecule has 0 aromatic rings. The lowest BCUT2D eigenvalue weighted by molar-refractivity contribution is -0.195. The Hall–Kier alpha value is -1.18. The zero-order chi connectivity index (χ0) is 36.0. The van der Waals surface area contributed by atoms with Gasteiger partial charge in [-0.1, -0.05) is 41.5 Å². The van der Waals surface area contributed by atoms with Gasteiger partial charge in [-0.3, -0.25) is 0 Å². The lowest BCUT2D eigenvalue weighted by Gasteiger charge is -2.63. The Morgan fingerprint density at radius 2 is 1.08 bits per heavy atom. The first-order valence-electron chi connectivity index (χ1n) is 20.9. The van der Waals surface area contributed by atoms with Gasteiger partial charge in [0, 0.05) is 14.2 Å². The number of aliphatic hydroxyl groups is 2. The van der Waals surface area contributed by atoms with Crippen LogP contribution in [0.15, 0.2) is 0 Å². The summed E-state index contributed by atoms with van der Waals surface area (Å²) >= 11 is 0. The maximum absolute atomic E-state index is 10.4. The first-order valence-corrected chi connectivity index (χ1v) is 20.9. The van der Waals surface area contributed by atoms with E-state index in [0.717, 1.165) is 51.4 Å². The number of ether oxygens (including phenoxy) is 2. The minimum absolute atomic E-state index is 0.126. The van der Waals surface area contributed by atoms with E-state index in [1.165, 1.54) is 38.5 Å². The monoisotopic (exact) mass is 691 g/mol. The van der Waals surface area contributed by atoms with E-state index in [1.54, 1.807) is 0 Å². The zero-order valence-electron chi connectivity index (χ0n) is 32.7. The van der Waals surface area contributed by atoms with Crippen LogP contribution in [0, 0.1) is 115 Å². The van der Waals surface area contributed by atoms with Crippen molar-refractivity contribution in [3.8, 4) is 12.1 Å². The van der Waals surface area contributed by atoms with Gasteiger partial charge in [0.1, 0.15) is 0 Å². The van der Waals surface area contributed by atoms with Gasteiger partial charge in [0.2, 0.25) is 0 Å². The summed E-state index contributed by atoms with van der Waals surface area (Å²) in [4.78, 5) is 0. The maximum atomic E-state index is 10.4. The largest absolute Gasteiger partial charge is 0.393 e. The Morgan fingerprint density at radius 3 is 1.60 bits per heavy atom. The van der Waals surface area contributed by atoms with Crippen LogP contribution in [0.4, 0.5) is 0 Å². The highest BCUT2D eigenvalue weighted by molar-refractivity contribution is 5.17. The van der Waals surface area contributed by atoms with Crippen molar-refractivity contribution in [2.75, 3.05) is 14.2 Å². The van der Waals surface area contributed by atoms with Gasteiger partial charge in [-0.05, 0) is 171 Å². The molecule has 0 saturated heterocycles. The van der Waals surface area contributed by atoms with E-state index < -0.39 is 0 Å². The van der Waals surface area contributed by atoms with Gasteiger partial charge in [-0.15, -0.1) is 0 Å². The van der Waals surface area contributed by atoms with Crippen molar-refractivity contribution in [2.24, 2.45) is 92.7 Å². The summed E-state index contributed by atoms with van der Waals surface area (Å²) in [6, 6.07) is 5.27. The van der Waals surface area contributed by atoms with Crippen LogP contribution >= 0.6 is 0 Å². The first kappa shape index (κ1) is 37.1. The smallest absolute Gasteiger partial charge is 0.0661 e. The first-order chi connectivity index (χ1) is 23.7. The Bertz CT molecular complexity index is 1280. The predicted octanol–water partition coefficient (Wildman–Crippen LogP) is 8.80. The van der Waals surface area contributed by atoms with Crippen molar-refractivity contribution in [1.29, 1.82) is 10.5 Å². The number of methoxy groups -OCH3 is 2. The van der Waals surface area contributed by atoms with E-state index in [9.17, 15) is 20.7 Å². The Morgan fingerprint density at radius 1 is 0.580 bits per heavy atom. The molecule has 50 heavy (non-hydrogen) atoms. The highest BCUT2D eigenvalue weighted by Crippen LogP contribution is 2.70. The normalized spacial score (nSPS) is 57.9.